The summed E-state index contributed by atoms with van der Waals surface area (Å²) in [5.74, 6) is -0.0903. The van der Waals surface area contributed by atoms with Crippen molar-refractivity contribution < 1.29 is 4.79 Å². The molecule has 0 bridgehead atoms. The topological polar surface area (TPSA) is 41.5 Å². The van der Waals surface area contributed by atoms with Gasteiger partial charge in [0.25, 0.3) is 0 Å². The van der Waals surface area contributed by atoms with E-state index in [0.717, 1.165) is 11.3 Å². The first kappa shape index (κ1) is 7.03. The first-order chi connectivity index (χ1) is 5.86. The van der Waals surface area contributed by atoms with E-state index in [4.69, 9.17) is 0 Å². The number of anilines is 1. The van der Waals surface area contributed by atoms with Gasteiger partial charge in [0.2, 0.25) is 5.91 Å². The molecular weight excluding hydrogens is 152 g/mol. The number of carbonyl (C=O) groups is 1. The summed E-state index contributed by atoms with van der Waals surface area (Å²) in [5, 5.41) is 2.73. The first-order valence-electron chi connectivity index (χ1n) is 3.67. The van der Waals surface area contributed by atoms with Gasteiger partial charge in [0.05, 0.1) is 11.9 Å². The molecular formula is C9H7N2O. The molecule has 12 heavy (non-hydrogen) atoms. The third kappa shape index (κ3) is 1.21. The van der Waals surface area contributed by atoms with Crippen LogP contribution in [0.4, 0.5) is 5.69 Å². The number of fused-ring (bicyclic) bond motifs is 1. The average molecular weight is 159 g/mol. The summed E-state index contributed by atoms with van der Waals surface area (Å²) in [6.45, 7) is 0.161. The Hall–Kier alpha value is -1.64. The molecule has 1 radical (unpaired) electrons. The van der Waals surface area contributed by atoms with Crippen LogP contribution >= 0.6 is 0 Å². The lowest BCUT2D eigenvalue weighted by molar-refractivity contribution is -0.114. The Morgan fingerprint density at radius 3 is 3.17 bits per heavy atom. The molecule has 1 aliphatic rings. The maximum atomic E-state index is 11.0. The maximum Gasteiger partial charge on any atom is 0.246 e. The van der Waals surface area contributed by atoms with Gasteiger partial charge in [0.15, 0.2) is 0 Å². The third-order valence-corrected chi connectivity index (χ3v) is 1.62. The lowest BCUT2D eigenvalue weighted by atomic mass is 10.2. The van der Waals surface area contributed by atoms with Gasteiger partial charge in [-0.3, -0.25) is 9.79 Å². The summed E-state index contributed by atoms with van der Waals surface area (Å²) < 4.78 is 0. The number of nitrogens with zero attached hydrogens (tertiary/aromatic N) is 1. The van der Waals surface area contributed by atoms with E-state index >= 15 is 0 Å². The average Bonchev–Trinajstić information content (AvgIpc) is 2.25. The van der Waals surface area contributed by atoms with Gasteiger partial charge in [-0.05, 0) is 6.07 Å². The number of aliphatic imine (C=N–C) groups is 1. The van der Waals surface area contributed by atoms with Crippen LogP contribution in [0.15, 0.2) is 29.3 Å². The summed E-state index contributed by atoms with van der Waals surface area (Å²) in [6.07, 6.45) is 2.80. The molecule has 1 heterocycles. The zero-order chi connectivity index (χ0) is 8.39. The second-order valence-corrected chi connectivity index (χ2v) is 2.52. The standard InChI is InChI=1S/C9H7N2O/c12-9-6-10-5-7-3-1-2-4-8(7)11-9/h1-4H,6H2,(H,11,12). The second kappa shape index (κ2) is 2.77. The Bertz CT molecular complexity index is 344. The Morgan fingerprint density at radius 1 is 1.42 bits per heavy atom. The van der Waals surface area contributed by atoms with Crippen LogP contribution in [0.5, 0.6) is 0 Å². The molecule has 1 aliphatic heterocycles. The molecule has 0 fully saturated rings. The van der Waals surface area contributed by atoms with Crippen LogP contribution < -0.4 is 5.32 Å². The van der Waals surface area contributed by atoms with Crippen LogP contribution in [0.1, 0.15) is 5.56 Å². The van der Waals surface area contributed by atoms with Gasteiger partial charge in [-0.1, -0.05) is 18.2 Å². The summed E-state index contributed by atoms with van der Waals surface area (Å²) in [4.78, 5) is 14.8. The molecule has 0 atom stereocenters. The summed E-state index contributed by atoms with van der Waals surface area (Å²) >= 11 is 0. The van der Waals surface area contributed by atoms with Gasteiger partial charge in [0, 0.05) is 5.56 Å². The van der Waals surface area contributed by atoms with Gasteiger partial charge < -0.3 is 5.32 Å². The van der Waals surface area contributed by atoms with Crippen LogP contribution in [0.3, 0.4) is 0 Å². The minimum absolute atomic E-state index is 0.0903. The zero-order valence-corrected chi connectivity index (χ0v) is 6.37. The van der Waals surface area contributed by atoms with Crippen molar-refractivity contribution in [2.75, 3.05) is 11.9 Å². The minimum Gasteiger partial charge on any atom is -0.324 e. The fraction of sp³-hybridized carbons (Fsp3) is 0.111. The first-order valence-corrected chi connectivity index (χ1v) is 3.67. The molecule has 3 heteroatoms. The molecule has 59 valence electrons. The molecule has 0 spiro atoms. The van der Waals surface area contributed by atoms with Crippen molar-refractivity contribution in [3.8, 4) is 0 Å². The largest absolute Gasteiger partial charge is 0.324 e. The van der Waals surface area contributed by atoms with Crippen molar-refractivity contribution in [1.82, 2.24) is 0 Å². The number of amides is 1. The number of carbonyl (C=O) groups excluding carboxylic acids is 1. The summed E-state index contributed by atoms with van der Waals surface area (Å²) in [5.41, 5.74) is 1.62. The maximum absolute atomic E-state index is 11.0. The van der Waals surface area contributed by atoms with Crippen LogP contribution in [0.2, 0.25) is 0 Å². The fourth-order valence-electron chi connectivity index (χ4n) is 1.08. The van der Waals surface area contributed by atoms with Crippen LogP contribution in [0, 0.1) is 0 Å². The van der Waals surface area contributed by atoms with Crippen molar-refractivity contribution in [2.45, 2.75) is 0 Å². The van der Waals surface area contributed by atoms with Gasteiger partial charge in [-0.2, -0.15) is 0 Å². The van der Waals surface area contributed by atoms with Gasteiger partial charge >= 0.3 is 0 Å². The zero-order valence-electron chi connectivity index (χ0n) is 6.37. The SMILES string of the molecule is O=C1CN=[C]c2ccccc2N1. The van der Waals surface area contributed by atoms with E-state index < -0.39 is 0 Å². The van der Waals surface area contributed by atoms with Gasteiger partial charge in [-0.15, -0.1) is 0 Å². The summed E-state index contributed by atoms with van der Waals surface area (Å²) in [6, 6.07) is 7.45. The monoisotopic (exact) mass is 159 g/mol. The third-order valence-electron chi connectivity index (χ3n) is 1.62. The van der Waals surface area contributed by atoms with Gasteiger partial charge in [0.1, 0.15) is 6.54 Å². The highest BCUT2D eigenvalue weighted by Gasteiger charge is 2.07. The Balaban J connectivity index is 2.48. The molecule has 1 aromatic carbocycles. The van der Waals surface area contributed by atoms with Crippen molar-refractivity contribution in [3.05, 3.63) is 29.8 Å². The van der Waals surface area contributed by atoms with E-state index in [9.17, 15) is 4.79 Å². The van der Waals surface area contributed by atoms with E-state index in [2.05, 4.69) is 16.5 Å². The predicted molar refractivity (Wildman–Crippen MR) is 46.5 cm³/mol. The number of para-hydroxylation sites is 1. The molecule has 0 saturated carbocycles. The van der Waals surface area contributed by atoms with Crippen molar-refractivity contribution in [1.29, 1.82) is 0 Å². The van der Waals surface area contributed by atoms with Gasteiger partial charge in [-0.25, -0.2) is 0 Å². The van der Waals surface area contributed by atoms with Crippen LogP contribution in [-0.4, -0.2) is 18.7 Å². The van der Waals surface area contributed by atoms with Crippen LogP contribution in [0.25, 0.3) is 0 Å². The van der Waals surface area contributed by atoms with E-state index in [0.29, 0.717) is 0 Å². The molecule has 1 N–H and O–H groups in total. The number of nitrogens with one attached hydrogen (secondary N) is 1. The highest BCUT2D eigenvalue weighted by molar-refractivity contribution is 6.01. The number of benzodiazepines with no additional fused rings is 1. The molecule has 0 saturated heterocycles. The molecule has 0 aromatic heterocycles. The molecule has 1 aromatic rings. The van der Waals surface area contributed by atoms with Crippen molar-refractivity contribution >= 4 is 17.8 Å². The van der Waals surface area contributed by atoms with E-state index in [1.54, 1.807) is 0 Å². The second-order valence-electron chi connectivity index (χ2n) is 2.52. The Labute approximate surface area is 70.1 Å². The number of rotatable bonds is 0. The van der Waals surface area contributed by atoms with Crippen LogP contribution in [-0.2, 0) is 4.79 Å². The van der Waals surface area contributed by atoms with Crippen molar-refractivity contribution in [3.63, 3.8) is 0 Å². The smallest absolute Gasteiger partial charge is 0.246 e. The van der Waals surface area contributed by atoms with E-state index in [1.165, 1.54) is 0 Å². The molecule has 3 nitrogen and oxygen atoms in total. The number of hydrogen-bond donors (Lipinski definition) is 1. The highest BCUT2D eigenvalue weighted by Crippen LogP contribution is 2.14. The minimum atomic E-state index is -0.0903. The normalized spacial score (nSPS) is 14.8. The molecule has 0 unspecified atom stereocenters. The number of benzene rings is 1. The fourth-order valence-corrected chi connectivity index (χ4v) is 1.08. The van der Waals surface area contributed by atoms with E-state index in [1.807, 2.05) is 24.3 Å². The summed E-state index contributed by atoms with van der Waals surface area (Å²) in [7, 11) is 0. The Morgan fingerprint density at radius 2 is 2.25 bits per heavy atom. The molecule has 1 amide bonds. The van der Waals surface area contributed by atoms with E-state index in [-0.39, 0.29) is 12.5 Å². The molecule has 2 rings (SSSR count). The Kier molecular flexibility index (Phi) is 1.63. The number of hydrogen-bond acceptors (Lipinski definition) is 2. The highest BCUT2D eigenvalue weighted by atomic mass is 16.1. The predicted octanol–water partition coefficient (Wildman–Crippen LogP) is 0.935. The van der Waals surface area contributed by atoms with Crippen molar-refractivity contribution in [2.24, 2.45) is 4.99 Å². The lowest BCUT2D eigenvalue weighted by Gasteiger charge is -2.01. The molecule has 0 aliphatic carbocycles. The quantitative estimate of drug-likeness (QED) is 0.601. The lowest BCUT2D eigenvalue weighted by Crippen LogP contribution is -2.13.